The second-order valence-corrected chi connectivity index (χ2v) is 5.81. The van der Waals surface area contributed by atoms with E-state index in [1.807, 2.05) is 0 Å². The van der Waals surface area contributed by atoms with E-state index in [0.717, 1.165) is 4.31 Å². The zero-order chi connectivity index (χ0) is 14.0. The van der Waals surface area contributed by atoms with Crippen LogP contribution >= 0.6 is 0 Å². The summed E-state index contributed by atoms with van der Waals surface area (Å²) in [7, 11) is -2.36. The molecule has 0 bridgehead atoms. The number of nitrogen functional groups attached to an aromatic ring is 1. The molecule has 3 N–H and O–H groups in total. The highest BCUT2D eigenvalue weighted by Gasteiger charge is 2.24. The zero-order valence-electron chi connectivity index (χ0n) is 10.2. The number of phenolic OH excluding ortho intramolecular Hbond substituents is 1. The predicted molar refractivity (Wildman–Crippen MR) is 72.3 cm³/mol. The number of phenols is 1. The van der Waals surface area contributed by atoms with Crippen LogP contribution in [0.5, 0.6) is 5.75 Å². The van der Waals surface area contributed by atoms with Gasteiger partial charge in [0.15, 0.2) is 0 Å². The number of hydrogen-bond acceptors (Lipinski definition) is 5. The molecular formula is C12H13N3O3S. The van der Waals surface area contributed by atoms with Crippen molar-refractivity contribution in [2.45, 2.75) is 4.90 Å². The van der Waals surface area contributed by atoms with E-state index in [4.69, 9.17) is 5.73 Å². The van der Waals surface area contributed by atoms with E-state index in [2.05, 4.69) is 4.98 Å². The number of hydrogen-bond donors (Lipinski definition) is 2. The summed E-state index contributed by atoms with van der Waals surface area (Å²) in [5.41, 5.74) is 6.01. The predicted octanol–water partition coefficient (Wildman–Crippen LogP) is 1.19. The Morgan fingerprint density at radius 3 is 2.42 bits per heavy atom. The monoisotopic (exact) mass is 279 g/mol. The molecule has 0 fully saturated rings. The lowest BCUT2D eigenvalue weighted by Gasteiger charge is -2.20. The fraction of sp³-hybridized carbons (Fsp3) is 0.0833. The van der Waals surface area contributed by atoms with E-state index in [9.17, 15) is 13.5 Å². The molecule has 0 saturated heterocycles. The number of rotatable bonds is 3. The van der Waals surface area contributed by atoms with Crippen molar-refractivity contribution in [1.82, 2.24) is 4.98 Å². The van der Waals surface area contributed by atoms with Crippen LogP contribution in [0.4, 0.5) is 11.5 Å². The molecule has 0 radical (unpaired) electrons. The minimum absolute atomic E-state index is 0.0480. The van der Waals surface area contributed by atoms with Crippen LogP contribution in [-0.4, -0.2) is 25.6 Å². The highest BCUT2D eigenvalue weighted by molar-refractivity contribution is 7.93. The van der Waals surface area contributed by atoms with Gasteiger partial charge in [-0.3, -0.25) is 4.31 Å². The number of aromatic hydroxyl groups is 1. The fourth-order valence-electron chi connectivity index (χ4n) is 1.57. The van der Waals surface area contributed by atoms with Crippen molar-refractivity contribution >= 4 is 21.5 Å². The van der Waals surface area contributed by atoms with Crippen LogP contribution in [0.1, 0.15) is 0 Å². The van der Waals surface area contributed by atoms with E-state index >= 15 is 0 Å². The maximum atomic E-state index is 12.4. The van der Waals surface area contributed by atoms with Crippen molar-refractivity contribution in [2.75, 3.05) is 17.1 Å². The molecule has 0 amide bonds. The van der Waals surface area contributed by atoms with Crippen LogP contribution in [0.3, 0.4) is 0 Å². The third kappa shape index (κ3) is 2.45. The van der Waals surface area contributed by atoms with Crippen molar-refractivity contribution < 1.29 is 13.5 Å². The molecule has 19 heavy (non-hydrogen) atoms. The highest BCUT2D eigenvalue weighted by Crippen LogP contribution is 2.25. The maximum absolute atomic E-state index is 12.4. The molecule has 0 saturated carbocycles. The number of aromatic nitrogens is 1. The average molecular weight is 279 g/mol. The average Bonchev–Trinajstić information content (AvgIpc) is 2.39. The van der Waals surface area contributed by atoms with E-state index < -0.39 is 10.0 Å². The summed E-state index contributed by atoms with van der Waals surface area (Å²) in [6.45, 7) is 0. The van der Waals surface area contributed by atoms with E-state index in [1.165, 1.54) is 49.6 Å². The van der Waals surface area contributed by atoms with Gasteiger partial charge in [0.05, 0.1) is 5.69 Å². The molecule has 6 nitrogen and oxygen atoms in total. The minimum Gasteiger partial charge on any atom is -0.508 e. The van der Waals surface area contributed by atoms with Gasteiger partial charge in [0.2, 0.25) is 0 Å². The van der Waals surface area contributed by atoms with Gasteiger partial charge in [0, 0.05) is 13.2 Å². The number of pyridine rings is 1. The van der Waals surface area contributed by atoms with Crippen LogP contribution in [0.25, 0.3) is 0 Å². The molecule has 0 aliphatic heterocycles. The molecule has 0 aliphatic carbocycles. The summed E-state index contributed by atoms with van der Waals surface area (Å²) in [6, 6.07) is 8.73. The topological polar surface area (TPSA) is 96.5 Å². The Labute approximate surface area is 111 Å². The second-order valence-electron chi connectivity index (χ2n) is 3.88. The summed E-state index contributed by atoms with van der Waals surface area (Å²) >= 11 is 0. The van der Waals surface area contributed by atoms with E-state index in [-0.39, 0.29) is 16.5 Å². The van der Waals surface area contributed by atoms with Gasteiger partial charge in [-0.1, -0.05) is 0 Å². The molecular weight excluding hydrogens is 266 g/mol. The van der Waals surface area contributed by atoms with Gasteiger partial charge < -0.3 is 10.8 Å². The molecule has 0 spiro atoms. The number of benzene rings is 1. The summed E-state index contributed by atoms with van der Waals surface area (Å²) in [5, 5.41) is 9.20. The molecule has 0 aliphatic rings. The quantitative estimate of drug-likeness (QED) is 0.879. The van der Waals surface area contributed by atoms with Gasteiger partial charge >= 0.3 is 0 Å². The smallest absolute Gasteiger partial charge is 0.267 e. The Hall–Kier alpha value is -2.28. The van der Waals surface area contributed by atoms with E-state index in [0.29, 0.717) is 5.69 Å². The number of nitrogens with zero attached hydrogens (tertiary/aromatic N) is 2. The molecule has 1 heterocycles. The maximum Gasteiger partial charge on any atom is 0.267 e. The van der Waals surface area contributed by atoms with Gasteiger partial charge in [0.1, 0.15) is 16.5 Å². The first kappa shape index (κ1) is 13.2. The van der Waals surface area contributed by atoms with Gasteiger partial charge in [0.25, 0.3) is 10.0 Å². The Bertz CT molecular complexity index is 684. The van der Waals surface area contributed by atoms with Crippen LogP contribution in [0.2, 0.25) is 0 Å². The minimum atomic E-state index is -3.77. The van der Waals surface area contributed by atoms with Gasteiger partial charge in [-0.05, 0) is 36.4 Å². The third-order valence-electron chi connectivity index (χ3n) is 2.65. The molecule has 2 rings (SSSR count). The lowest BCUT2D eigenvalue weighted by Crippen LogP contribution is -2.27. The Kier molecular flexibility index (Phi) is 3.30. The number of sulfonamides is 1. The SMILES string of the molecule is CN(c1ccc(O)cc1)S(=O)(=O)c1cccnc1N. The Morgan fingerprint density at radius 2 is 1.84 bits per heavy atom. The van der Waals surface area contributed by atoms with Gasteiger partial charge in [-0.2, -0.15) is 0 Å². The summed E-state index contributed by atoms with van der Waals surface area (Å²) in [5.74, 6) is 0.0172. The molecule has 100 valence electrons. The first-order valence-electron chi connectivity index (χ1n) is 5.41. The standard InChI is InChI=1S/C12H13N3O3S/c1-15(9-4-6-10(16)7-5-9)19(17,18)11-3-2-8-14-12(11)13/h2-8,16H,1H3,(H2,13,14). The number of anilines is 2. The Morgan fingerprint density at radius 1 is 1.21 bits per heavy atom. The van der Waals surface area contributed by atoms with Crippen LogP contribution in [0.15, 0.2) is 47.5 Å². The Balaban J connectivity index is 2.45. The summed E-state index contributed by atoms with van der Waals surface area (Å²) < 4.78 is 25.8. The molecule has 0 atom stereocenters. The first-order valence-corrected chi connectivity index (χ1v) is 6.85. The van der Waals surface area contributed by atoms with Crippen molar-refractivity contribution in [3.8, 4) is 5.75 Å². The largest absolute Gasteiger partial charge is 0.508 e. The van der Waals surface area contributed by atoms with Crippen molar-refractivity contribution in [3.63, 3.8) is 0 Å². The summed E-state index contributed by atoms with van der Waals surface area (Å²) in [6.07, 6.45) is 1.43. The highest BCUT2D eigenvalue weighted by atomic mass is 32.2. The van der Waals surface area contributed by atoms with Crippen molar-refractivity contribution in [2.24, 2.45) is 0 Å². The van der Waals surface area contributed by atoms with Gasteiger partial charge in [-0.15, -0.1) is 0 Å². The first-order chi connectivity index (χ1) is 8.93. The van der Waals surface area contributed by atoms with E-state index in [1.54, 1.807) is 0 Å². The van der Waals surface area contributed by atoms with Crippen molar-refractivity contribution in [3.05, 3.63) is 42.6 Å². The van der Waals surface area contributed by atoms with Gasteiger partial charge in [-0.25, -0.2) is 13.4 Å². The lowest BCUT2D eigenvalue weighted by molar-refractivity contribution is 0.475. The second kappa shape index (κ2) is 4.77. The molecule has 1 aromatic carbocycles. The molecule has 0 unspecified atom stereocenters. The summed E-state index contributed by atoms with van der Waals surface area (Å²) in [4.78, 5) is 3.72. The fourth-order valence-corrected chi connectivity index (χ4v) is 2.83. The third-order valence-corrected chi connectivity index (χ3v) is 4.48. The van der Waals surface area contributed by atoms with Crippen LogP contribution in [0, 0.1) is 0 Å². The van der Waals surface area contributed by atoms with Crippen molar-refractivity contribution in [1.29, 1.82) is 0 Å². The molecule has 2 aromatic rings. The molecule has 7 heteroatoms. The zero-order valence-corrected chi connectivity index (χ0v) is 11.0. The van der Waals surface area contributed by atoms with Crippen LogP contribution in [-0.2, 0) is 10.0 Å². The normalized spacial score (nSPS) is 11.2. The van der Waals surface area contributed by atoms with Crippen LogP contribution < -0.4 is 10.0 Å². The molecule has 1 aromatic heterocycles. The lowest BCUT2D eigenvalue weighted by atomic mass is 10.3. The number of nitrogens with two attached hydrogens (primary N) is 1.